The Hall–Kier alpha value is -0.381. The number of phenolic OH excluding ortho intramolecular Hbond substituents is 2. The molecule has 0 bridgehead atoms. The minimum atomic E-state index is -0.0764. The summed E-state index contributed by atoms with van der Waals surface area (Å²) in [7, 11) is 0. The van der Waals surface area contributed by atoms with Crippen LogP contribution in [0.15, 0.2) is 24.3 Å². The molecule has 0 saturated heterocycles. The molecule has 2 nitrogen and oxygen atoms in total. The first kappa shape index (κ1) is 8.62. The fraction of sp³-hybridized carbons (Fsp3) is 0. The third-order valence-electron chi connectivity index (χ3n) is 0.882. The van der Waals surface area contributed by atoms with E-state index in [1.165, 1.54) is 12.1 Å². The van der Waals surface area contributed by atoms with E-state index in [1.807, 2.05) is 0 Å². The monoisotopic (exact) mass is 232 g/mol. The zero-order valence-electron chi connectivity index (χ0n) is 4.91. The van der Waals surface area contributed by atoms with Crippen molar-refractivity contribution in [2.45, 2.75) is 0 Å². The topological polar surface area (TPSA) is 40.5 Å². The van der Waals surface area contributed by atoms with Crippen LogP contribution in [0, 0.1) is 0 Å². The molecule has 0 unspecified atom stereocenters. The molecule has 0 amide bonds. The number of hydrogen-bond acceptors (Lipinski definition) is 2. The van der Waals surface area contributed by atoms with Crippen LogP contribution >= 0.6 is 0 Å². The van der Waals surface area contributed by atoms with Gasteiger partial charge in [0.05, 0.1) is 0 Å². The van der Waals surface area contributed by atoms with Gasteiger partial charge >= 0.3 is 23.9 Å². The Morgan fingerprint density at radius 2 is 1.22 bits per heavy atom. The van der Waals surface area contributed by atoms with Crippen molar-refractivity contribution in [1.29, 1.82) is 0 Å². The Balaban J connectivity index is 0.000000640. The molecule has 0 atom stereocenters. The van der Waals surface area contributed by atoms with Crippen LogP contribution in [0.5, 0.6) is 11.5 Å². The molecule has 0 spiro atoms. The van der Waals surface area contributed by atoms with E-state index in [0.717, 1.165) is 0 Å². The van der Waals surface area contributed by atoms with Crippen molar-refractivity contribution in [3.8, 4) is 11.5 Å². The Morgan fingerprint density at radius 3 is 1.44 bits per heavy atom. The average Bonchev–Trinajstić information content (AvgIpc) is 1.77. The molecule has 1 rings (SSSR count). The van der Waals surface area contributed by atoms with Crippen molar-refractivity contribution in [2.75, 3.05) is 0 Å². The first-order chi connectivity index (χ1) is 3.80. The summed E-state index contributed by atoms with van der Waals surface area (Å²) in [5.41, 5.74) is 0. The minimum absolute atomic E-state index is 0. The predicted molar refractivity (Wildman–Crippen MR) is 38.3 cm³/mol. The summed E-state index contributed by atoms with van der Waals surface area (Å²) in [6, 6.07) is 6.15. The van der Waals surface area contributed by atoms with E-state index in [2.05, 4.69) is 0 Å². The molecule has 0 saturated carbocycles. The van der Waals surface area contributed by atoms with Crippen LogP contribution in [0.2, 0.25) is 0 Å². The molecule has 1 aromatic carbocycles. The Bertz CT molecular complexity index is 167. The molecule has 0 aliphatic rings. The van der Waals surface area contributed by atoms with Crippen LogP contribution in [0.3, 0.4) is 0 Å². The fourth-order valence-corrected chi connectivity index (χ4v) is 0.464. The van der Waals surface area contributed by atoms with Gasteiger partial charge in [-0.05, 0) is 12.1 Å². The molecule has 0 fully saturated rings. The van der Waals surface area contributed by atoms with Crippen molar-refractivity contribution in [2.24, 2.45) is 0 Å². The summed E-state index contributed by atoms with van der Waals surface area (Å²) in [6.07, 6.45) is 0. The van der Waals surface area contributed by atoms with Gasteiger partial charge in [-0.15, -0.1) is 0 Å². The van der Waals surface area contributed by atoms with E-state index in [9.17, 15) is 0 Å². The summed E-state index contributed by atoms with van der Waals surface area (Å²) < 4.78 is 0. The van der Waals surface area contributed by atoms with Crippen LogP contribution in [0.25, 0.3) is 0 Å². The van der Waals surface area contributed by atoms with Crippen LogP contribution in [-0.4, -0.2) is 34.1 Å². The number of aromatic hydroxyl groups is 2. The molecule has 0 heterocycles. The normalized spacial score (nSPS) is 8.00. The molecule has 0 aliphatic carbocycles. The number of hydrogen-bond donors (Lipinski definition) is 2. The molecule has 1 aromatic rings. The van der Waals surface area contributed by atoms with E-state index >= 15 is 0 Å². The second kappa shape index (κ2) is 3.61. The van der Waals surface area contributed by atoms with Gasteiger partial charge in [-0.2, -0.15) is 0 Å². The SMILES string of the molecule is Oc1ccccc1O.[SnH2]. The molecular formula is C6H8O2Sn. The number of rotatable bonds is 0. The van der Waals surface area contributed by atoms with Gasteiger partial charge in [0.25, 0.3) is 0 Å². The van der Waals surface area contributed by atoms with E-state index in [-0.39, 0.29) is 35.4 Å². The summed E-state index contributed by atoms with van der Waals surface area (Å²) >= 11 is 0. The molecule has 3 heteroatoms. The average molecular weight is 231 g/mol. The van der Waals surface area contributed by atoms with Crippen molar-refractivity contribution in [3.05, 3.63) is 24.3 Å². The maximum absolute atomic E-state index is 8.67. The van der Waals surface area contributed by atoms with E-state index < -0.39 is 0 Å². The first-order valence-corrected chi connectivity index (χ1v) is 2.27. The summed E-state index contributed by atoms with van der Waals surface area (Å²) in [5, 5.41) is 17.3. The van der Waals surface area contributed by atoms with Gasteiger partial charge in [-0.25, -0.2) is 0 Å². The molecule has 0 aromatic heterocycles. The number of benzene rings is 1. The molecule has 0 aliphatic heterocycles. The van der Waals surface area contributed by atoms with Crippen LogP contribution in [0.4, 0.5) is 0 Å². The van der Waals surface area contributed by atoms with Gasteiger partial charge in [0.2, 0.25) is 0 Å². The van der Waals surface area contributed by atoms with Gasteiger partial charge in [0.1, 0.15) is 0 Å². The van der Waals surface area contributed by atoms with Crippen LogP contribution in [-0.2, 0) is 0 Å². The van der Waals surface area contributed by atoms with Crippen LogP contribution < -0.4 is 0 Å². The number of para-hydroxylation sites is 2. The predicted octanol–water partition coefficient (Wildman–Crippen LogP) is 0.182. The summed E-state index contributed by atoms with van der Waals surface area (Å²) in [6.45, 7) is 0. The molecule has 48 valence electrons. The third kappa shape index (κ3) is 2.13. The second-order valence-corrected chi connectivity index (χ2v) is 1.49. The van der Waals surface area contributed by atoms with Crippen molar-refractivity contribution in [3.63, 3.8) is 0 Å². The van der Waals surface area contributed by atoms with Gasteiger partial charge in [-0.1, -0.05) is 12.1 Å². The van der Waals surface area contributed by atoms with Crippen molar-refractivity contribution < 1.29 is 10.2 Å². The fourth-order valence-electron chi connectivity index (χ4n) is 0.464. The Kier molecular flexibility index (Phi) is 3.45. The van der Waals surface area contributed by atoms with E-state index in [1.54, 1.807) is 12.1 Å². The maximum atomic E-state index is 8.67. The zero-order valence-corrected chi connectivity index (χ0v) is 8.95. The molecule has 9 heavy (non-hydrogen) atoms. The van der Waals surface area contributed by atoms with Crippen molar-refractivity contribution in [1.82, 2.24) is 0 Å². The quantitative estimate of drug-likeness (QED) is 0.493. The number of phenols is 2. The van der Waals surface area contributed by atoms with Gasteiger partial charge in [0.15, 0.2) is 11.5 Å². The summed E-state index contributed by atoms with van der Waals surface area (Å²) in [4.78, 5) is 0. The molecular weight excluding hydrogens is 223 g/mol. The van der Waals surface area contributed by atoms with Crippen LogP contribution in [0.1, 0.15) is 0 Å². The van der Waals surface area contributed by atoms with Crippen molar-refractivity contribution >= 4 is 23.9 Å². The Morgan fingerprint density at radius 1 is 0.889 bits per heavy atom. The first-order valence-electron chi connectivity index (χ1n) is 2.27. The van der Waals surface area contributed by atoms with Gasteiger partial charge in [0, 0.05) is 0 Å². The summed E-state index contributed by atoms with van der Waals surface area (Å²) in [5.74, 6) is -0.153. The van der Waals surface area contributed by atoms with E-state index in [0.29, 0.717) is 0 Å². The second-order valence-electron chi connectivity index (χ2n) is 1.49. The Labute approximate surface area is 70.1 Å². The standard InChI is InChI=1S/C6H6O2.Sn.2H/c7-5-3-1-2-4-6(5)8;;;/h1-4,7-8H;;;. The molecule has 2 N–H and O–H groups in total. The van der Waals surface area contributed by atoms with Gasteiger partial charge in [-0.3, -0.25) is 0 Å². The molecule has 2 radical (unpaired) electrons. The third-order valence-corrected chi connectivity index (χ3v) is 0.882. The van der Waals surface area contributed by atoms with Gasteiger partial charge < -0.3 is 10.2 Å². The zero-order chi connectivity index (χ0) is 5.98. The van der Waals surface area contributed by atoms with E-state index in [4.69, 9.17) is 10.2 Å².